The van der Waals surface area contributed by atoms with Crippen LogP contribution in [-0.4, -0.2) is 31.4 Å². The Morgan fingerprint density at radius 1 is 1.55 bits per heavy atom. The second-order valence-electron chi connectivity index (χ2n) is 4.34. The summed E-state index contributed by atoms with van der Waals surface area (Å²) in [5.74, 6) is 0.874. The van der Waals surface area contributed by atoms with E-state index < -0.39 is 5.91 Å². The number of nitrogens with zero attached hydrogens (tertiary/aromatic N) is 3. The van der Waals surface area contributed by atoms with Crippen LogP contribution in [0.15, 0.2) is 22.3 Å². The van der Waals surface area contributed by atoms with Crippen molar-refractivity contribution in [3.63, 3.8) is 0 Å². The molecule has 3 heterocycles. The van der Waals surface area contributed by atoms with Gasteiger partial charge in [-0.05, 0) is 6.42 Å². The monoisotopic (exact) mass is 291 g/mol. The van der Waals surface area contributed by atoms with Crippen molar-refractivity contribution in [2.75, 3.05) is 11.1 Å². The molecule has 20 heavy (non-hydrogen) atoms. The van der Waals surface area contributed by atoms with E-state index in [2.05, 4.69) is 20.5 Å². The lowest BCUT2D eigenvalue weighted by Gasteiger charge is -2.06. The van der Waals surface area contributed by atoms with Crippen LogP contribution in [0.5, 0.6) is 0 Å². The quantitative estimate of drug-likeness (QED) is 0.819. The van der Waals surface area contributed by atoms with Crippen LogP contribution in [0.1, 0.15) is 22.8 Å². The van der Waals surface area contributed by atoms with Crippen LogP contribution in [0.25, 0.3) is 0 Å². The molecule has 0 saturated heterocycles. The van der Waals surface area contributed by atoms with Gasteiger partial charge in [0.05, 0.1) is 6.20 Å². The summed E-state index contributed by atoms with van der Waals surface area (Å²) in [5, 5.41) is 9.93. The lowest BCUT2D eigenvalue weighted by atomic mass is 10.2. The van der Waals surface area contributed by atoms with Gasteiger partial charge in [0.15, 0.2) is 5.16 Å². The summed E-state index contributed by atoms with van der Waals surface area (Å²) in [6, 6.07) is 0. The van der Waals surface area contributed by atoms with Crippen LogP contribution in [0.3, 0.4) is 0 Å². The molecule has 1 aliphatic heterocycles. The largest absolute Gasteiger partial charge is 0.306 e. The third-order valence-electron chi connectivity index (χ3n) is 3.14. The van der Waals surface area contributed by atoms with E-state index in [1.165, 1.54) is 22.5 Å². The van der Waals surface area contributed by atoms with Crippen LogP contribution in [-0.2, 0) is 13.0 Å². The van der Waals surface area contributed by atoms with Gasteiger partial charge >= 0.3 is 0 Å². The van der Waals surface area contributed by atoms with Crippen LogP contribution in [0.4, 0.5) is 5.82 Å². The number of thioether (sulfide) groups is 1. The predicted octanol–water partition coefficient (Wildman–Crippen LogP) is 0.887. The average Bonchev–Trinajstić information content (AvgIpc) is 3.07. The van der Waals surface area contributed by atoms with Gasteiger partial charge in [-0.1, -0.05) is 18.7 Å². The summed E-state index contributed by atoms with van der Waals surface area (Å²) >= 11 is 1.52. The fraction of sp³-hybridized carbons (Fsp3) is 0.333. The van der Waals surface area contributed by atoms with Gasteiger partial charge in [0.25, 0.3) is 11.5 Å². The summed E-state index contributed by atoms with van der Waals surface area (Å²) in [4.78, 5) is 28.5. The minimum Gasteiger partial charge on any atom is -0.306 e. The van der Waals surface area contributed by atoms with E-state index in [0.29, 0.717) is 17.5 Å². The molecule has 2 N–H and O–H groups in total. The van der Waals surface area contributed by atoms with E-state index in [9.17, 15) is 9.59 Å². The molecule has 0 fully saturated rings. The number of rotatable bonds is 3. The lowest BCUT2D eigenvalue weighted by Crippen LogP contribution is -2.29. The predicted molar refractivity (Wildman–Crippen MR) is 75.1 cm³/mol. The first-order chi connectivity index (χ1) is 9.70. The number of hydrogen-bond acceptors (Lipinski definition) is 5. The second kappa shape index (κ2) is 5.12. The number of nitrogens with one attached hydrogen (secondary N) is 2. The molecule has 2 aromatic heterocycles. The van der Waals surface area contributed by atoms with Gasteiger partial charge in [0.1, 0.15) is 11.4 Å². The molecule has 0 spiro atoms. The maximum atomic E-state index is 12.2. The Labute approximate surface area is 118 Å². The van der Waals surface area contributed by atoms with Crippen molar-refractivity contribution >= 4 is 23.5 Å². The molecule has 104 valence electrons. The van der Waals surface area contributed by atoms with Crippen molar-refractivity contribution in [3.05, 3.63) is 33.9 Å². The number of anilines is 1. The zero-order valence-corrected chi connectivity index (χ0v) is 11.7. The summed E-state index contributed by atoms with van der Waals surface area (Å²) in [6.45, 7) is 2.56. The highest BCUT2D eigenvalue weighted by molar-refractivity contribution is 7.99. The molecule has 3 rings (SSSR count). The van der Waals surface area contributed by atoms with Crippen molar-refractivity contribution in [2.24, 2.45) is 0 Å². The Balaban J connectivity index is 1.90. The van der Waals surface area contributed by atoms with E-state index in [-0.39, 0.29) is 11.1 Å². The number of amides is 1. The fourth-order valence-electron chi connectivity index (χ4n) is 2.04. The first kappa shape index (κ1) is 12.9. The molecule has 0 aromatic carbocycles. The molecular weight excluding hydrogens is 278 g/mol. The zero-order chi connectivity index (χ0) is 14.1. The van der Waals surface area contributed by atoms with Gasteiger partial charge in [-0.2, -0.15) is 5.10 Å². The van der Waals surface area contributed by atoms with Crippen molar-refractivity contribution in [2.45, 2.75) is 25.0 Å². The number of aryl methyl sites for hydroxylation is 1. The van der Waals surface area contributed by atoms with Gasteiger partial charge in [-0.25, -0.2) is 4.98 Å². The van der Waals surface area contributed by atoms with Gasteiger partial charge < -0.3 is 5.32 Å². The molecule has 0 unspecified atom stereocenters. The van der Waals surface area contributed by atoms with Gasteiger partial charge in [-0.3, -0.25) is 19.3 Å². The first-order valence-electron chi connectivity index (χ1n) is 6.27. The molecule has 8 heteroatoms. The topological polar surface area (TPSA) is 92.7 Å². The molecule has 0 saturated carbocycles. The molecule has 1 aliphatic rings. The van der Waals surface area contributed by atoms with Crippen molar-refractivity contribution in [3.8, 4) is 0 Å². The molecular formula is C12H13N5O2S. The van der Waals surface area contributed by atoms with E-state index in [4.69, 9.17) is 0 Å². The number of aromatic amines is 1. The highest BCUT2D eigenvalue weighted by Crippen LogP contribution is 2.20. The van der Waals surface area contributed by atoms with Crippen LogP contribution in [0, 0.1) is 0 Å². The summed E-state index contributed by atoms with van der Waals surface area (Å²) < 4.78 is 1.53. The Kier molecular flexibility index (Phi) is 3.31. The van der Waals surface area contributed by atoms with Gasteiger partial charge in [-0.15, -0.1) is 0 Å². The normalized spacial score (nSPS) is 13.2. The van der Waals surface area contributed by atoms with E-state index in [1.807, 2.05) is 6.92 Å². The Hall–Kier alpha value is -2.09. The molecule has 0 atom stereocenters. The van der Waals surface area contributed by atoms with Crippen molar-refractivity contribution in [1.82, 2.24) is 19.7 Å². The number of carbonyl (C=O) groups is 1. The number of H-pyrrole nitrogens is 1. The van der Waals surface area contributed by atoms with Crippen LogP contribution >= 0.6 is 11.8 Å². The average molecular weight is 291 g/mol. The number of hydrogen-bond donors (Lipinski definition) is 2. The number of carbonyl (C=O) groups excluding carboxylic acids is 1. The molecule has 0 bridgehead atoms. The zero-order valence-electron chi connectivity index (χ0n) is 10.8. The smallest absolute Gasteiger partial charge is 0.267 e. The molecule has 1 amide bonds. The Bertz CT molecular complexity index is 721. The first-order valence-corrected chi connectivity index (χ1v) is 7.25. The summed E-state index contributed by atoms with van der Waals surface area (Å²) in [5.41, 5.74) is 0.645. The Morgan fingerprint density at radius 2 is 2.40 bits per heavy atom. The fourth-order valence-corrected chi connectivity index (χ4v) is 2.96. The molecule has 7 nitrogen and oxygen atoms in total. The maximum Gasteiger partial charge on any atom is 0.267 e. The van der Waals surface area contributed by atoms with E-state index in [1.54, 1.807) is 6.20 Å². The minimum atomic E-state index is -0.464. The van der Waals surface area contributed by atoms with Crippen LogP contribution < -0.4 is 10.9 Å². The third kappa shape index (κ3) is 2.11. The molecule has 0 aliphatic carbocycles. The van der Waals surface area contributed by atoms with Crippen molar-refractivity contribution in [1.29, 1.82) is 0 Å². The highest BCUT2D eigenvalue weighted by atomic mass is 32.2. The molecule has 0 radical (unpaired) electrons. The second-order valence-corrected chi connectivity index (χ2v) is 5.40. The summed E-state index contributed by atoms with van der Waals surface area (Å²) in [7, 11) is 0. The Morgan fingerprint density at radius 3 is 3.20 bits per heavy atom. The van der Waals surface area contributed by atoms with E-state index in [0.717, 1.165) is 17.7 Å². The summed E-state index contributed by atoms with van der Waals surface area (Å²) in [6.07, 6.45) is 3.73. The SMILES string of the molecule is CCc1cn[nH]c1NC(=O)c1cnc2n(c1=O)CCS2. The van der Waals surface area contributed by atoms with Crippen molar-refractivity contribution < 1.29 is 4.79 Å². The standard InChI is InChI=1S/C12H13N5O2S/c1-2-7-5-14-16-9(7)15-10(18)8-6-13-12-17(11(8)19)3-4-20-12/h5-6H,2-4H2,1H3,(H2,14,15,16,18). The number of aromatic nitrogens is 4. The molecule has 2 aromatic rings. The van der Waals surface area contributed by atoms with Crippen LogP contribution in [0.2, 0.25) is 0 Å². The minimum absolute atomic E-state index is 0.0490. The van der Waals surface area contributed by atoms with Gasteiger partial charge in [0, 0.05) is 24.1 Å². The van der Waals surface area contributed by atoms with E-state index >= 15 is 0 Å². The van der Waals surface area contributed by atoms with Gasteiger partial charge in [0.2, 0.25) is 0 Å². The lowest BCUT2D eigenvalue weighted by molar-refractivity contribution is 0.102. The maximum absolute atomic E-state index is 12.2. The number of fused-ring (bicyclic) bond motifs is 1. The third-order valence-corrected chi connectivity index (χ3v) is 4.11. The highest BCUT2D eigenvalue weighted by Gasteiger charge is 2.20.